The van der Waals surface area contributed by atoms with Crippen molar-refractivity contribution in [1.82, 2.24) is 20.5 Å². The molecule has 0 bridgehead atoms. The molecule has 2 rings (SSSR count). The summed E-state index contributed by atoms with van der Waals surface area (Å²) in [6.07, 6.45) is 1.75. The zero-order valence-corrected chi connectivity index (χ0v) is 12.6. The van der Waals surface area contributed by atoms with E-state index in [0.29, 0.717) is 11.8 Å². The van der Waals surface area contributed by atoms with Crippen LogP contribution in [0.1, 0.15) is 38.8 Å². The lowest BCUT2D eigenvalue weighted by atomic mass is 10.1. The number of hydrogen-bond donors (Lipinski definition) is 1. The third-order valence-electron chi connectivity index (χ3n) is 2.80. The van der Waals surface area contributed by atoms with E-state index in [-0.39, 0.29) is 5.54 Å². The van der Waals surface area contributed by atoms with Gasteiger partial charge in [0.2, 0.25) is 5.89 Å². The standard InChI is InChI=1S/C15H22N4O/c1-11-7-5-8-12(17-11)14-19-18-13(20-14)9-6-10-16-15(2,3)4/h5,7-8,16H,6,9-10H2,1-4H3. The maximum absolute atomic E-state index is 5.64. The summed E-state index contributed by atoms with van der Waals surface area (Å²) in [5.41, 5.74) is 1.82. The van der Waals surface area contributed by atoms with Gasteiger partial charge in [-0.05, 0) is 52.8 Å². The largest absolute Gasteiger partial charge is 0.419 e. The molecule has 0 amide bonds. The Morgan fingerprint density at radius 3 is 2.70 bits per heavy atom. The summed E-state index contributed by atoms with van der Waals surface area (Å²) in [5, 5.41) is 11.6. The van der Waals surface area contributed by atoms with Crippen molar-refractivity contribution in [3.63, 3.8) is 0 Å². The Kier molecular flexibility index (Phi) is 4.49. The van der Waals surface area contributed by atoms with Gasteiger partial charge in [0, 0.05) is 17.7 Å². The summed E-state index contributed by atoms with van der Waals surface area (Å²) in [6, 6.07) is 5.76. The minimum Gasteiger partial charge on any atom is -0.419 e. The normalized spacial score (nSPS) is 11.8. The molecule has 0 radical (unpaired) electrons. The van der Waals surface area contributed by atoms with Crippen LogP contribution in [0.25, 0.3) is 11.6 Å². The highest BCUT2D eigenvalue weighted by molar-refractivity contribution is 5.45. The first-order valence-electron chi connectivity index (χ1n) is 6.95. The molecular formula is C15H22N4O. The van der Waals surface area contributed by atoms with Gasteiger partial charge in [-0.2, -0.15) is 0 Å². The molecule has 0 aliphatic rings. The van der Waals surface area contributed by atoms with Crippen molar-refractivity contribution in [1.29, 1.82) is 0 Å². The SMILES string of the molecule is Cc1cccc(-c2nnc(CCCNC(C)(C)C)o2)n1. The van der Waals surface area contributed by atoms with Crippen LogP contribution in [0.4, 0.5) is 0 Å². The van der Waals surface area contributed by atoms with Crippen LogP contribution in [-0.2, 0) is 6.42 Å². The first kappa shape index (κ1) is 14.7. The minimum atomic E-state index is 0.144. The highest BCUT2D eigenvalue weighted by Gasteiger charge is 2.11. The van der Waals surface area contributed by atoms with E-state index in [2.05, 4.69) is 41.3 Å². The van der Waals surface area contributed by atoms with E-state index in [1.807, 2.05) is 25.1 Å². The van der Waals surface area contributed by atoms with Gasteiger partial charge in [0.05, 0.1) is 0 Å². The van der Waals surface area contributed by atoms with E-state index < -0.39 is 0 Å². The fourth-order valence-electron chi connectivity index (χ4n) is 1.82. The molecule has 0 saturated carbocycles. The van der Waals surface area contributed by atoms with Gasteiger partial charge in [-0.1, -0.05) is 6.07 Å². The minimum absolute atomic E-state index is 0.144. The van der Waals surface area contributed by atoms with Crippen LogP contribution in [0.2, 0.25) is 0 Å². The topological polar surface area (TPSA) is 63.8 Å². The molecule has 2 aromatic rings. The van der Waals surface area contributed by atoms with Gasteiger partial charge in [-0.15, -0.1) is 10.2 Å². The summed E-state index contributed by atoms with van der Waals surface area (Å²) in [6.45, 7) is 9.34. The van der Waals surface area contributed by atoms with Crippen molar-refractivity contribution in [2.45, 2.75) is 46.1 Å². The number of hydrogen-bond acceptors (Lipinski definition) is 5. The van der Waals surface area contributed by atoms with E-state index in [1.165, 1.54) is 0 Å². The molecule has 0 atom stereocenters. The van der Waals surface area contributed by atoms with Crippen molar-refractivity contribution in [2.24, 2.45) is 0 Å². The summed E-state index contributed by atoms with van der Waals surface area (Å²) in [4.78, 5) is 4.38. The molecule has 1 N–H and O–H groups in total. The maximum Gasteiger partial charge on any atom is 0.266 e. The van der Waals surface area contributed by atoms with Crippen molar-refractivity contribution in [3.8, 4) is 11.6 Å². The van der Waals surface area contributed by atoms with Crippen molar-refractivity contribution in [2.75, 3.05) is 6.54 Å². The Balaban J connectivity index is 1.90. The predicted octanol–water partition coefficient (Wildman–Crippen LogP) is 2.76. The third kappa shape index (κ3) is 4.42. The number of nitrogens with zero attached hydrogens (tertiary/aromatic N) is 3. The molecule has 5 nitrogen and oxygen atoms in total. The lowest BCUT2D eigenvalue weighted by Gasteiger charge is -2.19. The number of nitrogens with one attached hydrogen (secondary N) is 1. The molecule has 0 unspecified atom stereocenters. The molecule has 2 heterocycles. The molecule has 108 valence electrons. The van der Waals surface area contributed by atoms with Gasteiger partial charge in [-0.3, -0.25) is 0 Å². The van der Waals surface area contributed by atoms with Gasteiger partial charge in [0.25, 0.3) is 5.89 Å². The highest BCUT2D eigenvalue weighted by Crippen LogP contribution is 2.16. The van der Waals surface area contributed by atoms with E-state index in [4.69, 9.17) is 4.42 Å². The maximum atomic E-state index is 5.64. The number of aryl methyl sites for hydroxylation is 2. The summed E-state index contributed by atoms with van der Waals surface area (Å²) in [5.74, 6) is 1.16. The van der Waals surface area contributed by atoms with Crippen LogP contribution < -0.4 is 5.32 Å². The highest BCUT2D eigenvalue weighted by atomic mass is 16.4. The van der Waals surface area contributed by atoms with Crippen LogP contribution >= 0.6 is 0 Å². The molecule has 5 heteroatoms. The third-order valence-corrected chi connectivity index (χ3v) is 2.80. The molecule has 0 aliphatic carbocycles. The Hall–Kier alpha value is -1.75. The first-order chi connectivity index (χ1) is 9.44. The van der Waals surface area contributed by atoms with Crippen molar-refractivity contribution >= 4 is 0 Å². The van der Waals surface area contributed by atoms with Crippen molar-refractivity contribution in [3.05, 3.63) is 29.8 Å². The number of pyridine rings is 1. The molecule has 0 aromatic carbocycles. The van der Waals surface area contributed by atoms with Gasteiger partial charge < -0.3 is 9.73 Å². The lowest BCUT2D eigenvalue weighted by Crippen LogP contribution is -2.36. The first-order valence-corrected chi connectivity index (χ1v) is 6.95. The Morgan fingerprint density at radius 2 is 2.00 bits per heavy atom. The average Bonchev–Trinajstić information content (AvgIpc) is 2.82. The molecule has 20 heavy (non-hydrogen) atoms. The Morgan fingerprint density at radius 1 is 1.20 bits per heavy atom. The average molecular weight is 274 g/mol. The smallest absolute Gasteiger partial charge is 0.266 e. The summed E-state index contributed by atoms with van der Waals surface area (Å²) >= 11 is 0. The molecule has 0 saturated heterocycles. The fourth-order valence-corrected chi connectivity index (χ4v) is 1.82. The molecular weight excluding hydrogens is 252 g/mol. The van der Waals surface area contributed by atoms with Gasteiger partial charge in [0.15, 0.2) is 0 Å². The Bertz CT molecular complexity index is 557. The second-order valence-electron chi connectivity index (χ2n) is 5.95. The van der Waals surface area contributed by atoms with Crippen molar-refractivity contribution < 1.29 is 4.42 Å². The summed E-state index contributed by atoms with van der Waals surface area (Å²) in [7, 11) is 0. The second-order valence-corrected chi connectivity index (χ2v) is 5.95. The molecule has 0 spiro atoms. The molecule has 0 aliphatic heterocycles. The van der Waals surface area contributed by atoms with Gasteiger partial charge in [-0.25, -0.2) is 4.98 Å². The van der Waals surface area contributed by atoms with Gasteiger partial charge >= 0.3 is 0 Å². The predicted molar refractivity (Wildman–Crippen MR) is 78.3 cm³/mol. The molecule has 2 aromatic heterocycles. The zero-order valence-electron chi connectivity index (χ0n) is 12.6. The fraction of sp³-hybridized carbons (Fsp3) is 0.533. The van der Waals surface area contributed by atoms with Crippen LogP contribution in [-0.4, -0.2) is 27.3 Å². The number of aromatic nitrogens is 3. The number of rotatable bonds is 5. The van der Waals surface area contributed by atoms with E-state index in [9.17, 15) is 0 Å². The summed E-state index contributed by atoms with van der Waals surface area (Å²) < 4.78 is 5.64. The molecule has 0 fully saturated rings. The van der Waals surface area contributed by atoms with Gasteiger partial charge in [0.1, 0.15) is 5.69 Å². The Labute approximate surface area is 119 Å². The van der Waals surface area contributed by atoms with Crippen LogP contribution in [0.3, 0.4) is 0 Å². The zero-order chi connectivity index (χ0) is 14.6. The quantitative estimate of drug-likeness (QED) is 0.849. The van der Waals surface area contributed by atoms with Crippen LogP contribution in [0.5, 0.6) is 0 Å². The van der Waals surface area contributed by atoms with E-state index in [0.717, 1.165) is 30.8 Å². The van der Waals surface area contributed by atoms with E-state index in [1.54, 1.807) is 0 Å². The lowest BCUT2D eigenvalue weighted by molar-refractivity contribution is 0.412. The van der Waals surface area contributed by atoms with E-state index >= 15 is 0 Å². The van der Waals surface area contributed by atoms with Crippen LogP contribution in [0, 0.1) is 6.92 Å². The monoisotopic (exact) mass is 274 g/mol. The second kappa shape index (κ2) is 6.13. The van der Waals surface area contributed by atoms with Crippen LogP contribution in [0.15, 0.2) is 22.6 Å².